The molecule has 1 N–H and O–H groups in total. The number of carbonyl (C=O) groups excluding carboxylic acids is 1. The molecule has 1 aliphatic rings. The third-order valence-electron chi connectivity index (χ3n) is 5.66. The van der Waals surface area contributed by atoms with Gasteiger partial charge in [-0.2, -0.15) is 0 Å². The van der Waals surface area contributed by atoms with E-state index in [1.54, 1.807) is 45.0 Å². The first kappa shape index (κ1) is 29.5. The summed E-state index contributed by atoms with van der Waals surface area (Å²) >= 11 is 6.00. The number of amides is 1. The molecule has 0 atom stereocenters. The minimum Gasteiger partial charge on any atom is -0.444 e. The highest BCUT2D eigenvalue weighted by Crippen LogP contribution is 2.38. The fourth-order valence-corrected chi connectivity index (χ4v) is 5.54. The number of sulfonamides is 1. The summed E-state index contributed by atoms with van der Waals surface area (Å²) < 4.78 is 76.4. The number of nitro groups is 1. The number of hydrogen-bond acceptors (Lipinski definition) is 7. The molecule has 3 rings (SSSR count). The van der Waals surface area contributed by atoms with Gasteiger partial charge in [0.25, 0.3) is 0 Å². The van der Waals surface area contributed by atoms with E-state index in [1.807, 2.05) is 0 Å². The second kappa shape index (κ2) is 10.6. The lowest BCUT2D eigenvalue weighted by atomic mass is 9.82. The number of alkyl halides is 3. The van der Waals surface area contributed by atoms with E-state index in [9.17, 15) is 36.5 Å². The molecule has 0 aromatic heterocycles. The van der Waals surface area contributed by atoms with Gasteiger partial charge in [-0.1, -0.05) is 23.7 Å². The first-order chi connectivity index (χ1) is 17.4. The van der Waals surface area contributed by atoms with Crippen molar-refractivity contribution in [1.82, 2.24) is 9.62 Å². The van der Waals surface area contributed by atoms with E-state index >= 15 is 0 Å². The van der Waals surface area contributed by atoms with Gasteiger partial charge in [0.2, 0.25) is 15.8 Å². The van der Waals surface area contributed by atoms with E-state index in [-0.39, 0.29) is 25.9 Å². The number of carbonyl (C=O) groups is 1. The maximum Gasteiger partial charge on any atom is 0.573 e. The van der Waals surface area contributed by atoms with Crippen molar-refractivity contribution in [3.63, 3.8) is 0 Å². The van der Waals surface area contributed by atoms with Gasteiger partial charge in [0, 0.05) is 24.2 Å². The largest absolute Gasteiger partial charge is 0.573 e. The van der Waals surface area contributed by atoms with Crippen LogP contribution in [0.4, 0.5) is 23.7 Å². The number of rotatable bonds is 6. The summed E-state index contributed by atoms with van der Waals surface area (Å²) in [6.45, 7) is 5.36. The Morgan fingerprint density at radius 1 is 1.11 bits per heavy atom. The van der Waals surface area contributed by atoms with Gasteiger partial charge in [0.05, 0.1) is 15.4 Å². The van der Waals surface area contributed by atoms with Crippen molar-refractivity contribution in [3.05, 3.63) is 63.2 Å². The Balaban J connectivity index is 1.96. The smallest absolute Gasteiger partial charge is 0.444 e. The Morgan fingerprint density at radius 2 is 1.68 bits per heavy atom. The second-order valence-electron chi connectivity index (χ2n) is 9.60. The number of benzene rings is 2. The zero-order chi connectivity index (χ0) is 28.5. The third kappa shape index (κ3) is 7.26. The van der Waals surface area contributed by atoms with Crippen LogP contribution in [0.2, 0.25) is 5.02 Å². The van der Waals surface area contributed by atoms with Gasteiger partial charge in [0.1, 0.15) is 5.60 Å². The lowest BCUT2D eigenvalue weighted by molar-refractivity contribution is -0.388. The number of nitrogens with zero attached hydrogens (tertiary/aromatic N) is 2. The van der Waals surface area contributed by atoms with Crippen LogP contribution in [0.3, 0.4) is 0 Å². The molecule has 15 heteroatoms. The number of piperidine rings is 1. The molecule has 2 aromatic rings. The standard InChI is InChI=1S/C23H25ClF3N3O7S/c1-21(2,3)37-20(31)29-12-10-22(11-13-29,15-4-6-16(24)7-5-15)28-38(34,35)17-8-9-19(36-23(25,26)27)18(14-17)30(32)33/h4-9,14,28H,10-13H2,1-3H3. The van der Waals surface area contributed by atoms with Crippen LogP contribution < -0.4 is 9.46 Å². The van der Waals surface area contributed by atoms with Crippen molar-refractivity contribution in [1.29, 1.82) is 0 Å². The predicted octanol–water partition coefficient (Wildman–Crippen LogP) is 5.35. The molecule has 0 spiro atoms. The van der Waals surface area contributed by atoms with Crippen molar-refractivity contribution in [2.24, 2.45) is 0 Å². The van der Waals surface area contributed by atoms with Crippen LogP contribution in [-0.2, 0) is 20.3 Å². The zero-order valence-electron chi connectivity index (χ0n) is 20.5. The number of hydrogen-bond donors (Lipinski definition) is 1. The van der Waals surface area contributed by atoms with Crippen molar-refractivity contribution < 1.29 is 40.8 Å². The molecule has 1 amide bonds. The summed E-state index contributed by atoms with van der Waals surface area (Å²) in [6.07, 6.45) is -5.58. The van der Waals surface area contributed by atoms with E-state index in [0.717, 1.165) is 6.07 Å². The van der Waals surface area contributed by atoms with Gasteiger partial charge in [-0.3, -0.25) is 10.1 Å². The van der Waals surface area contributed by atoms with Crippen LogP contribution in [0.5, 0.6) is 5.75 Å². The molecule has 1 saturated heterocycles. The zero-order valence-corrected chi connectivity index (χ0v) is 22.1. The highest BCUT2D eigenvalue weighted by molar-refractivity contribution is 7.89. The van der Waals surface area contributed by atoms with E-state index in [2.05, 4.69) is 9.46 Å². The molecule has 0 saturated carbocycles. The van der Waals surface area contributed by atoms with Crippen LogP contribution in [0.15, 0.2) is 47.4 Å². The predicted molar refractivity (Wildman–Crippen MR) is 130 cm³/mol. The minimum absolute atomic E-state index is 0.102. The van der Waals surface area contributed by atoms with E-state index < -0.39 is 54.9 Å². The number of likely N-dealkylation sites (tertiary alicyclic amines) is 1. The number of nitro benzene ring substituents is 1. The average molecular weight is 580 g/mol. The van der Waals surface area contributed by atoms with Gasteiger partial charge in [-0.05, 0) is 63.4 Å². The van der Waals surface area contributed by atoms with Crippen molar-refractivity contribution in [2.45, 2.75) is 56.0 Å². The molecule has 0 bridgehead atoms. The molecular weight excluding hydrogens is 555 g/mol. The lowest BCUT2D eigenvalue weighted by Gasteiger charge is -2.42. The minimum atomic E-state index is -5.22. The molecule has 2 aromatic carbocycles. The first-order valence-electron chi connectivity index (χ1n) is 11.2. The summed E-state index contributed by atoms with van der Waals surface area (Å²) in [5.41, 5.74) is -2.66. The van der Waals surface area contributed by atoms with Crippen molar-refractivity contribution >= 4 is 33.4 Å². The van der Waals surface area contributed by atoms with E-state index in [1.165, 1.54) is 4.90 Å². The molecule has 0 unspecified atom stereocenters. The van der Waals surface area contributed by atoms with Crippen molar-refractivity contribution in [2.75, 3.05) is 13.1 Å². The number of ether oxygens (including phenoxy) is 2. The van der Waals surface area contributed by atoms with E-state index in [0.29, 0.717) is 22.7 Å². The fourth-order valence-electron chi connectivity index (χ4n) is 3.95. The normalized spacial score (nSPS) is 16.1. The Kier molecular flexibility index (Phi) is 8.20. The Morgan fingerprint density at radius 3 is 2.18 bits per heavy atom. The molecule has 208 valence electrons. The Hall–Kier alpha value is -3.10. The van der Waals surface area contributed by atoms with Crippen LogP contribution >= 0.6 is 11.6 Å². The van der Waals surface area contributed by atoms with Crippen molar-refractivity contribution in [3.8, 4) is 5.75 Å². The summed E-state index contributed by atoms with van der Waals surface area (Å²) in [5, 5.41) is 11.8. The topological polar surface area (TPSA) is 128 Å². The summed E-state index contributed by atoms with van der Waals surface area (Å²) in [6, 6.07) is 8.17. The van der Waals surface area contributed by atoms with Gasteiger partial charge in [0.15, 0.2) is 0 Å². The molecule has 1 fully saturated rings. The Bertz CT molecular complexity index is 1310. The van der Waals surface area contributed by atoms with Crippen LogP contribution in [-0.4, -0.2) is 49.4 Å². The third-order valence-corrected chi connectivity index (χ3v) is 7.44. The van der Waals surface area contributed by atoms with Gasteiger partial charge in [-0.25, -0.2) is 17.9 Å². The van der Waals surface area contributed by atoms with Crippen LogP contribution in [0.1, 0.15) is 39.2 Å². The number of halogens is 4. The van der Waals surface area contributed by atoms with Crippen LogP contribution in [0.25, 0.3) is 0 Å². The lowest BCUT2D eigenvalue weighted by Crippen LogP contribution is -2.54. The highest BCUT2D eigenvalue weighted by atomic mass is 35.5. The maximum atomic E-state index is 13.4. The Labute approximate surface area is 221 Å². The summed E-state index contributed by atoms with van der Waals surface area (Å²) in [7, 11) is -4.52. The molecular formula is C23H25ClF3N3O7S. The molecule has 1 aliphatic heterocycles. The fraction of sp³-hybridized carbons (Fsp3) is 0.435. The summed E-state index contributed by atoms with van der Waals surface area (Å²) in [4.78, 5) is 23.5. The first-order valence-corrected chi connectivity index (χ1v) is 13.1. The van der Waals surface area contributed by atoms with Gasteiger partial charge in [-0.15, -0.1) is 13.2 Å². The average Bonchev–Trinajstić information content (AvgIpc) is 2.77. The molecule has 0 aliphatic carbocycles. The van der Waals surface area contributed by atoms with E-state index in [4.69, 9.17) is 16.3 Å². The maximum absolute atomic E-state index is 13.4. The van der Waals surface area contributed by atoms with Gasteiger partial charge < -0.3 is 14.4 Å². The molecule has 1 heterocycles. The summed E-state index contributed by atoms with van der Waals surface area (Å²) in [5.74, 6) is -1.15. The van der Waals surface area contributed by atoms with Gasteiger partial charge >= 0.3 is 18.1 Å². The quantitative estimate of drug-likeness (QED) is 0.361. The molecule has 10 nitrogen and oxygen atoms in total. The van der Waals surface area contributed by atoms with Crippen LogP contribution in [0, 0.1) is 10.1 Å². The SMILES string of the molecule is CC(C)(C)OC(=O)N1CCC(NS(=O)(=O)c2ccc(OC(F)(F)F)c([N+](=O)[O-])c2)(c2ccc(Cl)cc2)CC1. The highest BCUT2D eigenvalue weighted by Gasteiger charge is 2.42. The number of nitrogens with one attached hydrogen (secondary N) is 1. The molecule has 38 heavy (non-hydrogen) atoms. The molecule has 0 radical (unpaired) electrons. The monoisotopic (exact) mass is 579 g/mol. The second-order valence-corrected chi connectivity index (χ2v) is 11.7.